The van der Waals surface area contributed by atoms with Gasteiger partial charge in [0.2, 0.25) is 0 Å². The largest absolute Gasteiger partial charge is 0.493 e. The highest BCUT2D eigenvalue weighted by atomic mass is 16.5. The molecule has 2 rings (SSSR count). The Balaban J connectivity index is 2.41. The Bertz CT molecular complexity index is 360. The molecule has 0 bridgehead atoms. The van der Waals surface area contributed by atoms with Gasteiger partial charge in [-0.3, -0.25) is 0 Å². The Morgan fingerprint density at radius 3 is 2.93 bits per heavy atom. The van der Waals surface area contributed by atoms with Crippen LogP contribution in [0.4, 0.5) is 0 Å². The van der Waals surface area contributed by atoms with Crippen LogP contribution in [0.15, 0.2) is 12.1 Å². The molecule has 0 aliphatic carbocycles. The monoisotopic (exact) mass is 205 g/mol. The van der Waals surface area contributed by atoms with Crippen molar-refractivity contribution in [1.82, 2.24) is 5.32 Å². The molecule has 0 amide bonds. The van der Waals surface area contributed by atoms with Crippen molar-refractivity contribution in [2.45, 2.75) is 33.2 Å². The number of benzene rings is 1. The average molecular weight is 205 g/mol. The Morgan fingerprint density at radius 2 is 2.20 bits per heavy atom. The molecule has 0 saturated heterocycles. The van der Waals surface area contributed by atoms with Gasteiger partial charge in [0.15, 0.2) is 0 Å². The number of hydrogen-bond donors (Lipinski definition) is 1. The minimum absolute atomic E-state index is 0.472. The van der Waals surface area contributed by atoms with Gasteiger partial charge in [-0.05, 0) is 37.6 Å². The third-order valence-corrected chi connectivity index (χ3v) is 2.96. The van der Waals surface area contributed by atoms with Crippen molar-refractivity contribution >= 4 is 0 Å². The molecule has 2 nitrogen and oxygen atoms in total. The summed E-state index contributed by atoms with van der Waals surface area (Å²) in [4.78, 5) is 0. The van der Waals surface area contributed by atoms with Crippen molar-refractivity contribution in [3.63, 3.8) is 0 Å². The molecular formula is C13H19NO. The SMILES string of the molecule is CCNC1CCOc2cc(C)cc(C)c21. The normalized spacial score (nSPS) is 19.5. The molecule has 0 aromatic heterocycles. The Kier molecular flexibility index (Phi) is 2.96. The molecule has 1 atom stereocenters. The average Bonchev–Trinajstić information content (AvgIpc) is 2.17. The maximum absolute atomic E-state index is 5.72. The maximum atomic E-state index is 5.72. The molecule has 0 saturated carbocycles. The topological polar surface area (TPSA) is 21.3 Å². The molecule has 1 aromatic rings. The molecule has 15 heavy (non-hydrogen) atoms. The van der Waals surface area contributed by atoms with Crippen molar-refractivity contribution < 1.29 is 4.74 Å². The van der Waals surface area contributed by atoms with Crippen LogP contribution in [0.3, 0.4) is 0 Å². The van der Waals surface area contributed by atoms with Gasteiger partial charge in [0, 0.05) is 18.0 Å². The minimum Gasteiger partial charge on any atom is -0.493 e. The molecule has 0 spiro atoms. The number of fused-ring (bicyclic) bond motifs is 1. The summed E-state index contributed by atoms with van der Waals surface area (Å²) in [5.74, 6) is 1.07. The van der Waals surface area contributed by atoms with Crippen molar-refractivity contribution in [3.8, 4) is 5.75 Å². The van der Waals surface area contributed by atoms with Crippen LogP contribution in [-0.2, 0) is 0 Å². The zero-order valence-electron chi connectivity index (χ0n) is 9.76. The highest BCUT2D eigenvalue weighted by Crippen LogP contribution is 2.35. The van der Waals surface area contributed by atoms with Crippen molar-refractivity contribution in [2.75, 3.05) is 13.2 Å². The van der Waals surface area contributed by atoms with Crippen LogP contribution in [0.5, 0.6) is 5.75 Å². The third-order valence-electron chi connectivity index (χ3n) is 2.96. The van der Waals surface area contributed by atoms with E-state index in [2.05, 4.69) is 38.2 Å². The van der Waals surface area contributed by atoms with E-state index in [1.165, 1.54) is 16.7 Å². The van der Waals surface area contributed by atoms with Gasteiger partial charge in [-0.2, -0.15) is 0 Å². The van der Waals surface area contributed by atoms with Gasteiger partial charge >= 0.3 is 0 Å². The van der Waals surface area contributed by atoms with E-state index < -0.39 is 0 Å². The van der Waals surface area contributed by atoms with Crippen molar-refractivity contribution in [2.24, 2.45) is 0 Å². The third kappa shape index (κ3) is 2.00. The van der Waals surface area contributed by atoms with Crippen LogP contribution >= 0.6 is 0 Å². The molecule has 1 unspecified atom stereocenters. The first-order valence-corrected chi connectivity index (χ1v) is 5.69. The van der Waals surface area contributed by atoms with E-state index in [0.717, 1.165) is 25.3 Å². The van der Waals surface area contributed by atoms with Crippen LogP contribution in [0, 0.1) is 13.8 Å². The highest BCUT2D eigenvalue weighted by Gasteiger charge is 2.22. The van der Waals surface area contributed by atoms with E-state index in [4.69, 9.17) is 4.74 Å². The lowest BCUT2D eigenvalue weighted by Gasteiger charge is -2.28. The van der Waals surface area contributed by atoms with Gasteiger partial charge in [-0.15, -0.1) is 0 Å². The second kappa shape index (κ2) is 4.23. The fourth-order valence-corrected chi connectivity index (χ4v) is 2.39. The maximum Gasteiger partial charge on any atom is 0.124 e. The molecule has 0 fully saturated rings. The lowest BCUT2D eigenvalue weighted by molar-refractivity contribution is 0.253. The summed E-state index contributed by atoms with van der Waals surface area (Å²) in [5.41, 5.74) is 3.98. The summed E-state index contributed by atoms with van der Waals surface area (Å²) in [7, 11) is 0. The molecule has 1 N–H and O–H groups in total. The first-order valence-electron chi connectivity index (χ1n) is 5.69. The van der Waals surface area contributed by atoms with Gasteiger partial charge < -0.3 is 10.1 Å². The number of hydrogen-bond acceptors (Lipinski definition) is 2. The fourth-order valence-electron chi connectivity index (χ4n) is 2.39. The number of ether oxygens (including phenoxy) is 1. The van der Waals surface area contributed by atoms with E-state index in [1.807, 2.05) is 0 Å². The smallest absolute Gasteiger partial charge is 0.124 e. The van der Waals surface area contributed by atoms with Gasteiger partial charge in [0.1, 0.15) is 5.75 Å². The zero-order valence-corrected chi connectivity index (χ0v) is 9.76. The van der Waals surface area contributed by atoms with Gasteiger partial charge in [-0.1, -0.05) is 13.0 Å². The molecule has 1 aliphatic rings. The number of rotatable bonds is 2. The minimum atomic E-state index is 0.472. The molecule has 82 valence electrons. The molecular weight excluding hydrogens is 186 g/mol. The van der Waals surface area contributed by atoms with E-state index in [9.17, 15) is 0 Å². The zero-order chi connectivity index (χ0) is 10.8. The van der Waals surface area contributed by atoms with E-state index in [-0.39, 0.29) is 0 Å². The summed E-state index contributed by atoms with van der Waals surface area (Å²) >= 11 is 0. The lowest BCUT2D eigenvalue weighted by atomic mass is 9.94. The van der Waals surface area contributed by atoms with Gasteiger partial charge in [-0.25, -0.2) is 0 Å². The summed E-state index contributed by atoms with van der Waals surface area (Å²) in [6, 6.07) is 4.85. The Hall–Kier alpha value is -1.02. The second-order valence-corrected chi connectivity index (χ2v) is 4.24. The molecule has 1 aromatic carbocycles. The van der Waals surface area contributed by atoms with Crippen LogP contribution < -0.4 is 10.1 Å². The van der Waals surface area contributed by atoms with Crippen LogP contribution in [-0.4, -0.2) is 13.2 Å². The van der Waals surface area contributed by atoms with E-state index in [1.54, 1.807) is 0 Å². The van der Waals surface area contributed by atoms with Gasteiger partial charge in [0.25, 0.3) is 0 Å². The second-order valence-electron chi connectivity index (χ2n) is 4.24. The predicted molar refractivity (Wildman–Crippen MR) is 62.4 cm³/mol. The van der Waals surface area contributed by atoms with Crippen molar-refractivity contribution in [1.29, 1.82) is 0 Å². The van der Waals surface area contributed by atoms with E-state index in [0.29, 0.717) is 6.04 Å². The first-order chi connectivity index (χ1) is 7.22. The molecule has 1 heterocycles. The summed E-state index contributed by atoms with van der Waals surface area (Å²) < 4.78 is 5.72. The van der Waals surface area contributed by atoms with Crippen molar-refractivity contribution in [3.05, 3.63) is 28.8 Å². The van der Waals surface area contributed by atoms with Gasteiger partial charge in [0.05, 0.1) is 6.61 Å². The number of aryl methyl sites for hydroxylation is 2. The summed E-state index contributed by atoms with van der Waals surface area (Å²) in [6.45, 7) is 8.28. The summed E-state index contributed by atoms with van der Waals surface area (Å²) in [6.07, 6.45) is 1.07. The molecule has 2 heteroatoms. The predicted octanol–water partition coefficient (Wildman–Crippen LogP) is 2.74. The van der Waals surface area contributed by atoms with Crippen LogP contribution in [0.1, 0.15) is 36.1 Å². The number of nitrogens with one attached hydrogen (secondary N) is 1. The standard InChI is InChI=1S/C13H19NO/c1-4-14-11-5-6-15-12-8-9(2)7-10(3)13(11)12/h7-8,11,14H,4-6H2,1-3H3. The Labute approximate surface area is 91.6 Å². The fraction of sp³-hybridized carbons (Fsp3) is 0.538. The van der Waals surface area contributed by atoms with E-state index >= 15 is 0 Å². The van der Waals surface area contributed by atoms with Crippen LogP contribution in [0.2, 0.25) is 0 Å². The summed E-state index contributed by atoms with van der Waals surface area (Å²) in [5, 5.41) is 3.52. The van der Waals surface area contributed by atoms with Crippen LogP contribution in [0.25, 0.3) is 0 Å². The lowest BCUT2D eigenvalue weighted by Crippen LogP contribution is -2.27. The molecule has 1 aliphatic heterocycles. The molecule has 0 radical (unpaired) electrons. The highest BCUT2D eigenvalue weighted by molar-refractivity contribution is 5.46. The first kappa shape index (κ1) is 10.5. The quantitative estimate of drug-likeness (QED) is 0.801. The Morgan fingerprint density at radius 1 is 1.40 bits per heavy atom.